The third kappa shape index (κ3) is 3.04. The molecule has 0 bridgehead atoms. The summed E-state index contributed by atoms with van der Waals surface area (Å²) in [6, 6.07) is -0.154. The molecule has 1 heterocycles. The first kappa shape index (κ1) is 11.6. The smallest absolute Gasteiger partial charge is 0.230 e. The van der Waals surface area contributed by atoms with Crippen molar-refractivity contribution in [3.05, 3.63) is 9.98 Å². The number of thiazole rings is 1. The summed E-state index contributed by atoms with van der Waals surface area (Å²) in [5.41, 5.74) is 5.61. The van der Waals surface area contributed by atoms with Gasteiger partial charge in [-0.1, -0.05) is 18.3 Å². The first-order chi connectivity index (χ1) is 6.50. The fourth-order valence-electron chi connectivity index (χ4n) is 0.770. The quantitative estimate of drug-likeness (QED) is 0.886. The van der Waals surface area contributed by atoms with E-state index in [0.717, 1.165) is 3.79 Å². The number of nitrogens with zero attached hydrogens (tertiary/aromatic N) is 1. The highest BCUT2D eigenvalue weighted by atomic mass is 79.9. The van der Waals surface area contributed by atoms with Crippen molar-refractivity contribution in [1.82, 2.24) is 4.98 Å². The minimum absolute atomic E-state index is 0.0955. The van der Waals surface area contributed by atoms with Gasteiger partial charge in [-0.05, 0) is 22.9 Å². The Morgan fingerprint density at radius 1 is 1.71 bits per heavy atom. The second-order valence-electron chi connectivity index (χ2n) is 3.11. The van der Waals surface area contributed by atoms with Crippen molar-refractivity contribution < 1.29 is 4.79 Å². The van der Waals surface area contributed by atoms with E-state index in [0.29, 0.717) is 5.13 Å². The van der Waals surface area contributed by atoms with Gasteiger partial charge in [-0.3, -0.25) is 4.79 Å². The summed E-state index contributed by atoms with van der Waals surface area (Å²) in [5.74, 6) is -0.306. The third-order valence-electron chi connectivity index (χ3n) is 1.91. The van der Waals surface area contributed by atoms with Gasteiger partial charge in [0.15, 0.2) is 5.13 Å². The average molecular weight is 278 g/mol. The molecule has 6 heteroatoms. The van der Waals surface area contributed by atoms with Crippen molar-refractivity contribution in [3.8, 4) is 0 Å². The van der Waals surface area contributed by atoms with Crippen LogP contribution in [0.5, 0.6) is 0 Å². The minimum Gasteiger partial charge on any atom is -0.327 e. The highest BCUT2D eigenvalue weighted by molar-refractivity contribution is 9.11. The summed E-state index contributed by atoms with van der Waals surface area (Å²) in [6.07, 6.45) is 1.65. The predicted molar refractivity (Wildman–Crippen MR) is 61.3 cm³/mol. The van der Waals surface area contributed by atoms with E-state index >= 15 is 0 Å². The van der Waals surface area contributed by atoms with Crippen LogP contribution in [-0.2, 0) is 4.79 Å². The summed E-state index contributed by atoms with van der Waals surface area (Å²) in [4.78, 5) is 15.5. The van der Waals surface area contributed by atoms with E-state index in [-0.39, 0.29) is 17.9 Å². The molecule has 1 aromatic heterocycles. The zero-order valence-electron chi connectivity index (χ0n) is 7.95. The maximum Gasteiger partial charge on any atom is 0.230 e. The Morgan fingerprint density at radius 2 is 2.36 bits per heavy atom. The first-order valence-electron chi connectivity index (χ1n) is 4.18. The van der Waals surface area contributed by atoms with Crippen molar-refractivity contribution in [2.45, 2.75) is 19.9 Å². The molecular formula is C8H12BrN3OS. The number of carbonyl (C=O) groups is 1. The van der Waals surface area contributed by atoms with Crippen LogP contribution >= 0.6 is 27.3 Å². The molecule has 0 aliphatic heterocycles. The predicted octanol–water partition coefficient (Wildman–Crippen LogP) is 1.83. The molecule has 0 aliphatic carbocycles. The Labute approximate surface area is 95.0 Å². The van der Waals surface area contributed by atoms with E-state index in [1.165, 1.54) is 11.3 Å². The second-order valence-corrected chi connectivity index (χ2v) is 5.52. The Balaban J connectivity index is 2.57. The fourth-order valence-corrected chi connectivity index (χ4v) is 1.88. The van der Waals surface area contributed by atoms with Gasteiger partial charge >= 0.3 is 0 Å². The fraction of sp³-hybridized carbons (Fsp3) is 0.500. The molecule has 2 atom stereocenters. The van der Waals surface area contributed by atoms with Crippen LogP contribution in [0, 0.1) is 5.92 Å². The van der Waals surface area contributed by atoms with Gasteiger partial charge in [0.05, 0.1) is 15.9 Å². The molecular weight excluding hydrogens is 266 g/mol. The molecule has 1 amide bonds. The van der Waals surface area contributed by atoms with Crippen molar-refractivity contribution >= 4 is 38.3 Å². The summed E-state index contributed by atoms with van der Waals surface area (Å²) >= 11 is 4.65. The Bertz CT molecular complexity index is 326. The van der Waals surface area contributed by atoms with Crippen LogP contribution in [0.4, 0.5) is 5.13 Å². The number of aromatic nitrogens is 1. The lowest BCUT2D eigenvalue weighted by molar-refractivity contribution is -0.119. The van der Waals surface area contributed by atoms with Crippen LogP contribution < -0.4 is 11.1 Å². The number of nitrogens with one attached hydrogen (secondary N) is 1. The summed E-state index contributed by atoms with van der Waals surface area (Å²) in [6.45, 7) is 3.60. The summed E-state index contributed by atoms with van der Waals surface area (Å²) in [5, 5.41) is 3.29. The van der Waals surface area contributed by atoms with Gasteiger partial charge in [0.2, 0.25) is 5.91 Å². The highest BCUT2D eigenvalue weighted by Crippen LogP contribution is 2.23. The van der Waals surface area contributed by atoms with Crippen molar-refractivity contribution in [1.29, 1.82) is 0 Å². The van der Waals surface area contributed by atoms with E-state index in [2.05, 4.69) is 26.2 Å². The van der Waals surface area contributed by atoms with Gasteiger partial charge in [0.25, 0.3) is 0 Å². The van der Waals surface area contributed by atoms with Gasteiger partial charge in [-0.25, -0.2) is 4.98 Å². The number of carbonyl (C=O) groups excluding carboxylic acids is 1. The molecule has 1 rings (SSSR count). The number of halogens is 1. The van der Waals surface area contributed by atoms with Gasteiger partial charge in [-0.2, -0.15) is 0 Å². The Kier molecular flexibility index (Phi) is 4.03. The van der Waals surface area contributed by atoms with E-state index < -0.39 is 0 Å². The zero-order chi connectivity index (χ0) is 10.7. The van der Waals surface area contributed by atoms with Crippen LogP contribution in [0.1, 0.15) is 13.8 Å². The molecule has 0 saturated carbocycles. The number of hydrogen-bond acceptors (Lipinski definition) is 4. The van der Waals surface area contributed by atoms with Crippen molar-refractivity contribution in [2.24, 2.45) is 11.7 Å². The first-order valence-corrected chi connectivity index (χ1v) is 5.79. The molecule has 4 nitrogen and oxygen atoms in total. The summed E-state index contributed by atoms with van der Waals surface area (Å²) in [7, 11) is 0. The van der Waals surface area contributed by atoms with Gasteiger partial charge in [0.1, 0.15) is 0 Å². The third-order valence-corrected chi connectivity index (χ3v) is 3.30. The molecule has 0 aliphatic rings. The molecule has 0 fully saturated rings. The Hall–Kier alpha value is -0.460. The molecule has 0 saturated heterocycles. The van der Waals surface area contributed by atoms with E-state index in [1.54, 1.807) is 13.1 Å². The monoisotopic (exact) mass is 277 g/mol. The van der Waals surface area contributed by atoms with E-state index in [9.17, 15) is 4.79 Å². The van der Waals surface area contributed by atoms with Crippen molar-refractivity contribution in [3.63, 3.8) is 0 Å². The van der Waals surface area contributed by atoms with Crippen LogP contribution in [0.3, 0.4) is 0 Å². The van der Waals surface area contributed by atoms with Gasteiger partial charge < -0.3 is 11.1 Å². The summed E-state index contributed by atoms with van der Waals surface area (Å²) < 4.78 is 0.890. The lowest BCUT2D eigenvalue weighted by Gasteiger charge is -2.13. The maximum absolute atomic E-state index is 11.5. The van der Waals surface area contributed by atoms with Gasteiger partial charge in [-0.15, -0.1) is 0 Å². The normalized spacial score (nSPS) is 14.9. The lowest BCUT2D eigenvalue weighted by Crippen LogP contribution is -2.34. The maximum atomic E-state index is 11.5. The number of rotatable bonds is 3. The van der Waals surface area contributed by atoms with Crippen LogP contribution in [0.2, 0.25) is 0 Å². The standard InChI is InChI=1S/C8H12BrN3OS/c1-4(5(2)10)7(13)12-8-11-3-6(9)14-8/h3-5H,10H2,1-2H3,(H,11,12,13). The van der Waals surface area contributed by atoms with Crippen molar-refractivity contribution in [2.75, 3.05) is 5.32 Å². The molecule has 0 aromatic carbocycles. The molecule has 0 spiro atoms. The van der Waals surface area contributed by atoms with Crippen LogP contribution in [-0.4, -0.2) is 16.9 Å². The molecule has 14 heavy (non-hydrogen) atoms. The van der Waals surface area contributed by atoms with E-state index in [1.807, 2.05) is 6.92 Å². The van der Waals surface area contributed by atoms with E-state index in [4.69, 9.17) is 5.73 Å². The largest absolute Gasteiger partial charge is 0.327 e. The Morgan fingerprint density at radius 3 is 2.79 bits per heavy atom. The minimum atomic E-state index is -0.210. The number of hydrogen-bond donors (Lipinski definition) is 2. The SMILES string of the molecule is CC(N)C(C)C(=O)Nc1ncc(Br)s1. The highest BCUT2D eigenvalue weighted by Gasteiger charge is 2.17. The van der Waals surface area contributed by atoms with Crippen LogP contribution in [0.25, 0.3) is 0 Å². The number of nitrogens with two attached hydrogens (primary N) is 1. The molecule has 78 valence electrons. The molecule has 0 radical (unpaired) electrons. The number of anilines is 1. The average Bonchev–Trinajstić information content (AvgIpc) is 2.49. The molecule has 3 N–H and O–H groups in total. The molecule has 1 aromatic rings. The molecule has 2 unspecified atom stereocenters. The van der Waals surface area contributed by atoms with Gasteiger partial charge in [0, 0.05) is 6.04 Å². The lowest BCUT2D eigenvalue weighted by atomic mass is 10.0. The topological polar surface area (TPSA) is 68.0 Å². The zero-order valence-corrected chi connectivity index (χ0v) is 10.4. The second kappa shape index (κ2) is 4.86. The number of amides is 1. The van der Waals surface area contributed by atoms with Crippen LogP contribution in [0.15, 0.2) is 9.98 Å².